The van der Waals surface area contributed by atoms with Gasteiger partial charge in [-0.2, -0.15) is 0 Å². The molecule has 1 aromatic carbocycles. The zero-order valence-electron chi connectivity index (χ0n) is 19.8. The van der Waals surface area contributed by atoms with Gasteiger partial charge in [-0.15, -0.1) is 5.10 Å². The maximum Gasteiger partial charge on any atom is 0.251 e. The minimum absolute atomic E-state index is 0.0862. The summed E-state index contributed by atoms with van der Waals surface area (Å²) in [6, 6.07) is 13.4. The zero-order chi connectivity index (χ0) is 24.3. The van der Waals surface area contributed by atoms with Crippen molar-refractivity contribution in [2.24, 2.45) is 0 Å². The highest BCUT2D eigenvalue weighted by Crippen LogP contribution is 2.27. The molecular weight excluding hydrogens is 434 g/mol. The molecule has 2 amide bonds. The molecule has 0 spiro atoms. The Kier molecular flexibility index (Phi) is 6.54. The van der Waals surface area contributed by atoms with Crippen molar-refractivity contribution in [1.29, 1.82) is 0 Å². The van der Waals surface area contributed by atoms with Crippen LogP contribution in [0.1, 0.15) is 50.5 Å². The van der Waals surface area contributed by atoms with Crippen LogP contribution in [0.3, 0.4) is 0 Å². The number of hydrogen-bond donors (Lipinski definition) is 1. The molecule has 9 heteroatoms. The van der Waals surface area contributed by atoms with Crippen molar-refractivity contribution in [3.05, 3.63) is 72.1 Å². The van der Waals surface area contributed by atoms with Crippen molar-refractivity contribution in [2.75, 3.05) is 0 Å². The molecule has 0 saturated heterocycles. The molecule has 0 fully saturated rings. The Morgan fingerprint density at radius 3 is 2.62 bits per heavy atom. The number of rotatable bonds is 9. The van der Waals surface area contributed by atoms with Gasteiger partial charge in [-0.1, -0.05) is 24.3 Å². The van der Waals surface area contributed by atoms with E-state index < -0.39 is 11.6 Å². The third kappa shape index (κ3) is 5.03. The first kappa shape index (κ1) is 23.3. The van der Waals surface area contributed by atoms with Crippen LogP contribution in [0.4, 0.5) is 0 Å². The molecule has 0 saturated carbocycles. The van der Waals surface area contributed by atoms with Gasteiger partial charge in [0.2, 0.25) is 5.91 Å². The molecule has 4 rings (SSSR count). The molecule has 1 atom stereocenters. The minimum atomic E-state index is -0.994. The summed E-state index contributed by atoms with van der Waals surface area (Å²) in [6.45, 7) is 7.67. The van der Waals surface area contributed by atoms with Crippen molar-refractivity contribution < 1.29 is 18.4 Å². The van der Waals surface area contributed by atoms with Crippen LogP contribution in [0.15, 0.2) is 63.6 Å². The van der Waals surface area contributed by atoms with Crippen molar-refractivity contribution in [2.45, 2.75) is 58.8 Å². The van der Waals surface area contributed by atoms with Crippen molar-refractivity contribution in [1.82, 2.24) is 25.2 Å². The Labute approximate surface area is 197 Å². The van der Waals surface area contributed by atoms with Crippen LogP contribution in [-0.2, 0) is 22.7 Å². The summed E-state index contributed by atoms with van der Waals surface area (Å²) >= 11 is 0. The highest BCUT2D eigenvalue weighted by Gasteiger charge is 2.36. The highest BCUT2D eigenvalue weighted by atomic mass is 16.3. The van der Waals surface area contributed by atoms with Crippen molar-refractivity contribution in [3.63, 3.8) is 0 Å². The molecule has 178 valence electrons. The van der Waals surface area contributed by atoms with Gasteiger partial charge in [0.05, 0.1) is 18.3 Å². The second-order valence-electron chi connectivity index (χ2n) is 8.91. The molecular formula is C25H29N5O4. The molecule has 4 aromatic rings. The van der Waals surface area contributed by atoms with Gasteiger partial charge in [0.1, 0.15) is 29.3 Å². The number of aryl methyl sites for hydroxylation is 1. The fourth-order valence-electron chi connectivity index (χ4n) is 3.66. The Morgan fingerprint density at radius 1 is 1.15 bits per heavy atom. The molecule has 0 bridgehead atoms. The highest BCUT2D eigenvalue weighted by molar-refractivity contribution is 5.89. The molecule has 0 aliphatic rings. The molecule has 9 nitrogen and oxygen atoms in total. The van der Waals surface area contributed by atoms with Gasteiger partial charge in [-0.05, 0) is 63.6 Å². The Bertz CT molecular complexity index is 1270. The predicted octanol–water partition coefficient (Wildman–Crippen LogP) is 4.00. The van der Waals surface area contributed by atoms with Crippen LogP contribution in [0, 0.1) is 6.92 Å². The first-order valence-electron chi connectivity index (χ1n) is 11.3. The zero-order valence-corrected chi connectivity index (χ0v) is 19.8. The van der Waals surface area contributed by atoms with E-state index >= 15 is 0 Å². The normalized spacial score (nSPS) is 12.6. The summed E-state index contributed by atoms with van der Waals surface area (Å²) in [7, 11) is 0. The molecule has 34 heavy (non-hydrogen) atoms. The van der Waals surface area contributed by atoms with Crippen LogP contribution >= 0.6 is 0 Å². The summed E-state index contributed by atoms with van der Waals surface area (Å²) in [5.41, 5.74) is 0.961. The SMILES string of the molecule is CCC(C)(C)NC(=O)[C@@H](c1ccc(C)o1)N(Cc1ccco1)C(=O)Cn1nnc2ccccc21. The fraction of sp³-hybridized carbons (Fsp3) is 0.360. The lowest BCUT2D eigenvalue weighted by Crippen LogP contribution is -2.50. The van der Waals surface area contributed by atoms with Gasteiger partial charge < -0.3 is 19.1 Å². The third-order valence-corrected chi connectivity index (χ3v) is 5.87. The molecule has 0 radical (unpaired) electrons. The van der Waals surface area contributed by atoms with Gasteiger partial charge in [0, 0.05) is 5.54 Å². The van der Waals surface area contributed by atoms with E-state index in [1.165, 1.54) is 15.8 Å². The van der Waals surface area contributed by atoms with Crippen molar-refractivity contribution >= 4 is 22.8 Å². The van der Waals surface area contributed by atoms with Gasteiger partial charge in [-0.3, -0.25) is 9.59 Å². The number of carbonyl (C=O) groups excluding carboxylic acids is 2. The number of benzene rings is 1. The number of para-hydroxylation sites is 1. The Morgan fingerprint density at radius 2 is 1.94 bits per heavy atom. The molecule has 0 aliphatic heterocycles. The van der Waals surface area contributed by atoms with E-state index in [-0.39, 0.29) is 24.9 Å². The van der Waals surface area contributed by atoms with E-state index in [2.05, 4.69) is 15.6 Å². The van der Waals surface area contributed by atoms with E-state index in [1.54, 1.807) is 31.2 Å². The lowest BCUT2D eigenvalue weighted by atomic mass is 10.0. The Hall–Kier alpha value is -3.88. The quantitative estimate of drug-likeness (QED) is 0.402. The second-order valence-corrected chi connectivity index (χ2v) is 8.91. The lowest BCUT2D eigenvalue weighted by Gasteiger charge is -2.33. The first-order chi connectivity index (χ1) is 16.3. The topological polar surface area (TPSA) is 106 Å². The van der Waals surface area contributed by atoms with Gasteiger partial charge >= 0.3 is 0 Å². The molecule has 0 unspecified atom stereocenters. The van der Waals surface area contributed by atoms with E-state index in [0.717, 1.165) is 11.9 Å². The van der Waals surface area contributed by atoms with E-state index in [9.17, 15) is 9.59 Å². The van der Waals surface area contributed by atoms with Crippen LogP contribution in [0.2, 0.25) is 0 Å². The van der Waals surface area contributed by atoms with Gasteiger partial charge in [0.15, 0.2) is 6.04 Å². The third-order valence-electron chi connectivity index (χ3n) is 5.87. The first-order valence-corrected chi connectivity index (χ1v) is 11.3. The number of hydrogen-bond acceptors (Lipinski definition) is 6. The standard InChI is InChI=1S/C25H29N5O4/c1-5-25(3,4)26-24(32)23(21-13-12-17(2)34-21)29(15-18-9-8-14-33-18)22(31)16-30-20-11-7-6-10-19(20)27-28-30/h6-14,23H,5,15-16H2,1-4H3,(H,26,32)/t23-/m1/s1. The van der Waals surface area contributed by atoms with E-state index in [1.807, 2.05) is 45.0 Å². The number of fused-ring (bicyclic) bond motifs is 1. The largest absolute Gasteiger partial charge is 0.467 e. The molecule has 3 aromatic heterocycles. The number of nitrogens with zero attached hydrogens (tertiary/aromatic N) is 4. The lowest BCUT2D eigenvalue weighted by molar-refractivity contribution is -0.144. The summed E-state index contributed by atoms with van der Waals surface area (Å²) in [4.78, 5) is 28.8. The number of carbonyl (C=O) groups is 2. The average molecular weight is 464 g/mol. The number of nitrogens with one attached hydrogen (secondary N) is 1. The van der Waals surface area contributed by atoms with Crippen LogP contribution in [0.25, 0.3) is 11.0 Å². The second kappa shape index (κ2) is 9.54. The number of aromatic nitrogens is 3. The van der Waals surface area contributed by atoms with Crippen LogP contribution in [-0.4, -0.2) is 37.2 Å². The summed E-state index contributed by atoms with van der Waals surface area (Å²) in [5.74, 6) is 0.924. The number of amides is 2. The molecule has 0 aliphatic carbocycles. The van der Waals surface area contributed by atoms with Gasteiger partial charge in [-0.25, -0.2) is 4.68 Å². The van der Waals surface area contributed by atoms with Crippen LogP contribution < -0.4 is 5.32 Å². The summed E-state index contributed by atoms with van der Waals surface area (Å²) in [5, 5.41) is 11.3. The number of furan rings is 2. The van der Waals surface area contributed by atoms with E-state index in [0.29, 0.717) is 22.8 Å². The van der Waals surface area contributed by atoms with E-state index in [4.69, 9.17) is 8.83 Å². The van der Waals surface area contributed by atoms with Gasteiger partial charge in [0.25, 0.3) is 5.91 Å². The minimum Gasteiger partial charge on any atom is -0.467 e. The molecule has 1 N–H and O–H groups in total. The summed E-state index contributed by atoms with van der Waals surface area (Å²) in [6.07, 6.45) is 2.26. The maximum atomic E-state index is 13.7. The maximum absolute atomic E-state index is 13.7. The predicted molar refractivity (Wildman–Crippen MR) is 125 cm³/mol. The molecule has 3 heterocycles. The monoisotopic (exact) mass is 463 g/mol. The smallest absolute Gasteiger partial charge is 0.251 e. The van der Waals surface area contributed by atoms with Crippen molar-refractivity contribution in [3.8, 4) is 0 Å². The average Bonchev–Trinajstić information content (AvgIpc) is 3.55. The van der Waals surface area contributed by atoms with Crippen LogP contribution in [0.5, 0.6) is 0 Å². The fourth-order valence-corrected chi connectivity index (χ4v) is 3.66. The Balaban J connectivity index is 1.72. The summed E-state index contributed by atoms with van der Waals surface area (Å²) < 4.78 is 12.9.